The maximum atomic E-state index is 12.2. The van der Waals surface area contributed by atoms with E-state index in [9.17, 15) is 9.59 Å². The topological polar surface area (TPSA) is 72.9 Å². The Morgan fingerprint density at radius 2 is 2.12 bits per heavy atom. The van der Waals surface area contributed by atoms with Crippen LogP contribution >= 0.6 is 11.8 Å². The van der Waals surface area contributed by atoms with Gasteiger partial charge in [-0.05, 0) is 13.0 Å². The lowest BCUT2D eigenvalue weighted by Crippen LogP contribution is -2.49. The van der Waals surface area contributed by atoms with Gasteiger partial charge in [-0.15, -0.1) is 11.8 Å². The lowest BCUT2D eigenvalue weighted by atomic mass is 10.3. The molecule has 2 amide bonds. The smallest absolute Gasteiger partial charge is 0.327 e. The summed E-state index contributed by atoms with van der Waals surface area (Å²) in [5, 5.41) is 12.3. The zero-order valence-electron chi connectivity index (χ0n) is 9.59. The Labute approximate surface area is 104 Å². The Kier molecular flexibility index (Phi) is 4.11. The van der Waals surface area contributed by atoms with Crippen molar-refractivity contribution in [1.29, 1.82) is 0 Å². The van der Waals surface area contributed by atoms with Crippen LogP contribution in [0.3, 0.4) is 0 Å². The van der Waals surface area contributed by atoms with Crippen molar-refractivity contribution in [3.05, 3.63) is 0 Å². The van der Waals surface area contributed by atoms with Gasteiger partial charge < -0.3 is 20.2 Å². The molecule has 2 rings (SSSR count). The fourth-order valence-electron chi connectivity index (χ4n) is 2.05. The maximum absolute atomic E-state index is 12.2. The molecule has 0 aromatic rings. The van der Waals surface area contributed by atoms with Crippen LogP contribution in [0.25, 0.3) is 0 Å². The van der Waals surface area contributed by atoms with Crippen LogP contribution in [-0.4, -0.2) is 70.8 Å². The van der Waals surface area contributed by atoms with Crippen LogP contribution in [0.1, 0.15) is 6.42 Å². The molecule has 2 fully saturated rings. The monoisotopic (exact) mass is 259 g/mol. The number of carbonyl (C=O) groups excluding carboxylic acids is 1. The normalized spacial score (nSPS) is 25.8. The van der Waals surface area contributed by atoms with Gasteiger partial charge in [-0.1, -0.05) is 0 Å². The number of urea groups is 1. The molecule has 0 unspecified atom stereocenters. The van der Waals surface area contributed by atoms with Crippen molar-refractivity contribution in [1.82, 2.24) is 15.1 Å². The third kappa shape index (κ3) is 2.84. The second-order valence-electron chi connectivity index (χ2n) is 4.20. The molecule has 7 heteroatoms. The molecule has 0 bridgehead atoms. The summed E-state index contributed by atoms with van der Waals surface area (Å²) in [7, 11) is 0. The van der Waals surface area contributed by atoms with E-state index in [0.29, 0.717) is 24.7 Å². The molecule has 0 aromatic carbocycles. The van der Waals surface area contributed by atoms with Crippen LogP contribution < -0.4 is 5.32 Å². The lowest BCUT2D eigenvalue weighted by Gasteiger charge is -2.28. The first-order valence-electron chi connectivity index (χ1n) is 5.77. The predicted molar refractivity (Wildman–Crippen MR) is 65.0 cm³/mol. The van der Waals surface area contributed by atoms with Crippen molar-refractivity contribution >= 4 is 23.8 Å². The van der Waals surface area contributed by atoms with Crippen LogP contribution in [0.2, 0.25) is 0 Å². The average Bonchev–Trinajstić information content (AvgIpc) is 2.64. The molecule has 2 aliphatic rings. The highest BCUT2D eigenvalue weighted by atomic mass is 32.2. The van der Waals surface area contributed by atoms with Crippen molar-refractivity contribution in [2.45, 2.75) is 12.5 Å². The molecular formula is C10H17N3O3S. The van der Waals surface area contributed by atoms with Crippen LogP contribution in [0, 0.1) is 0 Å². The number of hydrogen-bond donors (Lipinski definition) is 2. The number of carboxylic acid groups (broad SMARTS) is 1. The summed E-state index contributed by atoms with van der Waals surface area (Å²) in [5.74, 6) is 0.0729. The third-order valence-corrected chi connectivity index (χ3v) is 4.04. The first-order valence-corrected chi connectivity index (χ1v) is 6.92. The first kappa shape index (κ1) is 12.5. The Bertz CT molecular complexity index is 305. The van der Waals surface area contributed by atoms with Gasteiger partial charge in [-0.2, -0.15) is 0 Å². The number of thioether (sulfide) groups is 1. The molecule has 2 aliphatic heterocycles. The van der Waals surface area contributed by atoms with E-state index in [1.807, 2.05) is 0 Å². The van der Waals surface area contributed by atoms with E-state index < -0.39 is 12.0 Å². The van der Waals surface area contributed by atoms with E-state index in [4.69, 9.17) is 5.11 Å². The Hall–Kier alpha value is -0.950. The quantitative estimate of drug-likeness (QED) is 0.686. The van der Waals surface area contributed by atoms with Gasteiger partial charge in [0, 0.05) is 25.4 Å². The summed E-state index contributed by atoms with van der Waals surface area (Å²) < 4.78 is 0. The molecule has 6 nitrogen and oxygen atoms in total. The second kappa shape index (κ2) is 5.59. The fraction of sp³-hybridized carbons (Fsp3) is 0.800. The van der Waals surface area contributed by atoms with Gasteiger partial charge in [0.1, 0.15) is 6.04 Å². The predicted octanol–water partition coefficient (Wildman–Crippen LogP) is -0.139. The van der Waals surface area contributed by atoms with E-state index >= 15 is 0 Å². The van der Waals surface area contributed by atoms with Crippen molar-refractivity contribution < 1.29 is 14.7 Å². The van der Waals surface area contributed by atoms with Crippen LogP contribution in [0.5, 0.6) is 0 Å². The molecule has 0 aromatic heterocycles. The Morgan fingerprint density at radius 1 is 1.29 bits per heavy atom. The largest absolute Gasteiger partial charge is 0.480 e. The maximum Gasteiger partial charge on any atom is 0.327 e. The molecule has 1 atom stereocenters. The minimum Gasteiger partial charge on any atom is -0.480 e. The zero-order chi connectivity index (χ0) is 12.3. The number of nitrogens with one attached hydrogen (secondary N) is 1. The Balaban J connectivity index is 2.00. The van der Waals surface area contributed by atoms with Crippen LogP contribution in [0.15, 0.2) is 0 Å². The highest BCUT2D eigenvalue weighted by molar-refractivity contribution is 7.99. The number of amides is 2. The molecule has 2 heterocycles. The minimum absolute atomic E-state index is 0.133. The summed E-state index contributed by atoms with van der Waals surface area (Å²) >= 11 is 1.50. The lowest BCUT2D eigenvalue weighted by molar-refractivity contribution is -0.140. The number of carboxylic acids is 1. The van der Waals surface area contributed by atoms with Crippen molar-refractivity contribution in [3.8, 4) is 0 Å². The van der Waals surface area contributed by atoms with E-state index in [1.165, 1.54) is 16.7 Å². The van der Waals surface area contributed by atoms with E-state index in [1.54, 1.807) is 4.90 Å². The van der Waals surface area contributed by atoms with Gasteiger partial charge in [-0.3, -0.25) is 0 Å². The van der Waals surface area contributed by atoms with Crippen molar-refractivity contribution in [3.63, 3.8) is 0 Å². The van der Waals surface area contributed by atoms with E-state index in [-0.39, 0.29) is 6.03 Å². The van der Waals surface area contributed by atoms with Gasteiger partial charge in [0.15, 0.2) is 0 Å². The molecule has 0 aliphatic carbocycles. The SMILES string of the molecule is O=C(O)[C@@H]1CSCN1C(=O)N1CCCNCC1. The highest BCUT2D eigenvalue weighted by Gasteiger charge is 2.36. The van der Waals surface area contributed by atoms with E-state index in [2.05, 4.69) is 5.32 Å². The number of hydrogen-bond acceptors (Lipinski definition) is 4. The molecule has 0 spiro atoms. The second-order valence-corrected chi connectivity index (χ2v) is 5.20. The molecule has 0 saturated carbocycles. The van der Waals surface area contributed by atoms with Gasteiger partial charge >= 0.3 is 12.0 Å². The van der Waals surface area contributed by atoms with Crippen molar-refractivity contribution in [2.75, 3.05) is 37.8 Å². The standard InChI is InChI=1S/C10H17N3O3S/c14-9(15)8-6-17-7-13(8)10(16)12-4-1-2-11-3-5-12/h8,11H,1-7H2,(H,14,15)/t8-/m0/s1. The average molecular weight is 259 g/mol. The summed E-state index contributed by atoms with van der Waals surface area (Å²) in [6.07, 6.45) is 0.921. The Morgan fingerprint density at radius 3 is 2.88 bits per heavy atom. The fourth-order valence-corrected chi connectivity index (χ4v) is 3.19. The third-order valence-electron chi connectivity index (χ3n) is 3.02. The molecule has 0 radical (unpaired) electrons. The minimum atomic E-state index is -0.906. The van der Waals surface area contributed by atoms with Gasteiger partial charge in [0.2, 0.25) is 0 Å². The van der Waals surface area contributed by atoms with Gasteiger partial charge in [0.05, 0.1) is 5.88 Å². The zero-order valence-corrected chi connectivity index (χ0v) is 10.4. The summed E-state index contributed by atoms with van der Waals surface area (Å²) in [4.78, 5) is 26.5. The van der Waals surface area contributed by atoms with Crippen molar-refractivity contribution in [2.24, 2.45) is 0 Å². The number of nitrogens with zero attached hydrogens (tertiary/aromatic N) is 2. The molecule has 2 N–H and O–H groups in total. The van der Waals surface area contributed by atoms with Gasteiger partial charge in [0.25, 0.3) is 0 Å². The summed E-state index contributed by atoms with van der Waals surface area (Å²) in [6, 6.07) is -0.796. The first-order chi connectivity index (χ1) is 8.20. The van der Waals surface area contributed by atoms with Crippen LogP contribution in [0.4, 0.5) is 4.79 Å². The summed E-state index contributed by atoms with van der Waals surface area (Å²) in [6.45, 7) is 3.07. The van der Waals surface area contributed by atoms with Crippen LogP contribution in [-0.2, 0) is 4.79 Å². The molecule has 2 saturated heterocycles. The number of rotatable bonds is 1. The molecule has 96 valence electrons. The summed E-state index contributed by atoms with van der Waals surface area (Å²) in [5.41, 5.74) is 0. The molecule has 17 heavy (non-hydrogen) atoms. The number of carbonyl (C=O) groups is 2. The van der Waals surface area contributed by atoms with E-state index in [0.717, 1.165) is 19.5 Å². The highest BCUT2D eigenvalue weighted by Crippen LogP contribution is 2.22. The molecular weight excluding hydrogens is 242 g/mol. The van der Waals surface area contributed by atoms with Gasteiger partial charge in [-0.25, -0.2) is 9.59 Å². The number of aliphatic carboxylic acids is 1.